The molecule has 0 spiro atoms. The van der Waals surface area contributed by atoms with Crippen LogP contribution in [0.2, 0.25) is 0 Å². The number of aliphatic hydroxyl groups is 1. The minimum absolute atomic E-state index is 0.0206. The summed E-state index contributed by atoms with van der Waals surface area (Å²) in [7, 11) is 0. The van der Waals surface area contributed by atoms with Crippen molar-refractivity contribution in [1.82, 2.24) is 0 Å². The second kappa shape index (κ2) is 5.80. The molecular weight excluding hydrogens is 261 g/mol. The lowest BCUT2D eigenvalue weighted by atomic mass is 9.60. The van der Waals surface area contributed by atoms with Crippen LogP contribution in [0, 0.1) is 16.7 Å². The van der Waals surface area contributed by atoms with E-state index in [1.807, 2.05) is 27.7 Å². The largest absolute Gasteiger partial charge is 0.383 e. The average molecular weight is 287 g/mol. The van der Waals surface area contributed by atoms with Crippen molar-refractivity contribution in [1.29, 1.82) is 0 Å². The van der Waals surface area contributed by atoms with Crippen LogP contribution < -0.4 is 5.73 Å². The van der Waals surface area contributed by atoms with Gasteiger partial charge in [0, 0.05) is 17.8 Å². The van der Waals surface area contributed by atoms with Crippen LogP contribution in [0.3, 0.4) is 0 Å². The van der Waals surface area contributed by atoms with E-state index in [4.69, 9.17) is 5.73 Å². The summed E-state index contributed by atoms with van der Waals surface area (Å²) in [4.78, 5) is 23.4. The number of primary amides is 1. The SMILES string of the molecule is CC(CC(C)(C)C)C(=O)CC1(C(O)C(N)=O)CC(F)C1. The molecular formula is C15H26FNO3. The molecule has 1 fully saturated rings. The first-order chi connectivity index (χ1) is 8.97. The van der Waals surface area contributed by atoms with Crippen molar-refractivity contribution < 1.29 is 19.1 Å². The molecule has 1 rings (SSSR count). The van der Waals surface area contributed by atoms with Gasteiger partial charge in [-0.25, -0.2) is 4.39 Å². The number of hydrogen-bond acceptors (Lipinski definition) is 3. The van der Waals surface area contributed by atoms with Crippen LogP contribution in [0.5, 0.6) is 0 Å². The fraction of sp³-hybridized carbons (Fsp3) is 0.867. The van der Waals surface area contributed by atoms with E-state index in [-0.39, 0.29) is 36.4 Å². The number of aliphatic hydroxyl groups excluding tert-OH is 1. The van der Waals surface area contributed by atoms with Gasteiger partial charge in [0.1, 0.15) is 18.1 Å². The summed E-state index contributed by atoms with van der Waals surface area (Å²) >= 11 is 0. The number of alkyl halides is 1. The van der Waals surface area contributed by atoms with Gasteiger partial charge in [-0.05, 0) is 24.7 Å². The summed E-state index contributed by atoms with van der Waals surface area (Å²) in [6, 6.07) is 0. The molecule has 1 saturated carbocycles. The molecule has 5 heteroatoms. The Bertz CT molecular complexity index is 383. The van der Waals surface area contributed by atoms with E-state index in [9.17, 15) is 19.1 Å². The molecule has 1 aliphatic carbocycles. The van der Waals surface area contributed by atoms with Gasteiger partial charge >= 0.3 is 0 Å². The molecule has 0 aromatic rings. The highest BCUT2D eigenvalue weighted by molar-refractivity contribution is 5.85. The highest BCUT2D eigenvalue weighted by Crippen LogP contribution is 2.49. The molecule has 4 nitrogen and oxygen atoms in total. The first-order valence-electron chi connectivity index (χ1n) is 7.11. The number of carbonyl (C=O) groups is 2. The highest BCUT2D eigenvalue weighted by atomic mass is 19.1. The third-order valence-electron chi connectivity index (χ3n) is 4.10. The number of Topliss-reactive ketones (excluding diaryl/α,β-unsaturated/α-hetero) is 1. The van der Waals surface area contributed by atoms with Crippen LogP contribution in [-0.2, 0) is 9.59 Å². The van der Waals surface area contributed by atoms with Gasteiger partial charge in [0.2, 0.25) is 5.91 Å². The monoisotopic (exact) mass is 287 g/mol. The molecule has 0 saturated heterocycles. The van der Waals surface area contributed by atoms with E-state index < -0.39 is 23.6 Å². The Labute approximate surface area is 119 Å². The maximum Gasteiger partial charge on any atom is 0.246 e. The van der Waals surface area contributed by atoms with Gasteiger partial charge in [-0.15, -0.1) is 0 Å². The third-order valence-corrected chi connectivity index (χ3v) is 4.10. The van der Waals surface area contributed by atoms with Crippen molar-refractivity contribution in [3.63, 3.8) is 0 Å². The Balaban J connectivity index is 2.72. The molecule has 0 heterocycles. The van der Waals surface area contributed by atoms with E-state index in [1.165, 1.54) is 0 Å². The Morgan fingerprint density at radius 1 is 1.40 bits per heavy atom. The zero-order valence-electron chi connectivity index (χ0n) is 12.8. The molecule has 1 amide bonds. The number of amides is 1. The van der Waals surface area contributed by atoms with Crippen molar-refractivity contribution >= 4 is 11.7 Å². The molecule has 20 heavy (non-hydrogen) atoms. The summed E-state index contributed by atoms with van der Waals surface area (Å²) < 4.78 is 13.2. The zero-order chi connectivity index (χ0) is 15.7. The molecule has 0 aromatic heterocycles. The molecule has 2 atom stereocenters. The fourth-order valence-electron chi connectivity index (χ4n) is 3.14. The maximum atomic E-state index is 13.2. The summed E-state index contributed by atoms with van der Waals surface area (Å²) in [6.07, 6.45) is -1.70. The summed E-state index contributed by atoms with van der Waals surface area (Å²) in [5.41, 5.74) is 4.14. The number of halogens is 1. The number of rotatable bonds is 6. The third kappa shape index (κ3) is 4.01. The van der Waals surface area contributed by atoms with Crippen LogP contribution in [0.4, 0.5) is 4.39 Å². The van der Waals surface area contributed by atoms with Gasteiger partial charge in [0.25, 0.3) is 0 Å². The molecule has 2 unspecified atom stereocenters. The van der Waals surface area contributed by atoms with Crippen LogP contribution in [0.15, 0.2) is 0 Å². The fourth-order valence-corrected chi connectivity index (χ4v) is 3.14. The lowest BCUT2D eigenvalue weighted by Crippen LogP contribution is -2.54. The first-order valence-corrected chi connectivity index (χ1v) is 7.11. The Morgan fingerprint density at radius 2 is 1.90 bits per heavy atom. The average Bonchev–Trinajstić information content (AvgIpc) is 2.22. The van der Waals surface area contributed by atoms with Crippen LogP contribution >= 0.6 is 0 Å². The van der Waals surface area contributed by atoms with Gasteiger partial charge in [0.15, 0.2) is 0 Å². The van der Waals surface area contributed by atoms with E-state index in [2.05, 4.69) is 0 Å². The van der Waals surface area contributed by atoms with E-state index in [1.54, 1.807) is 0 Å². The molecule has 1 aliphatic rings. The van der Waals surface area contributed by atoms with E-state index in [0.717, 1.165) is 0 Å². The maximum absolute atomic E-state index is 13.2. The smallest absolute Gasteiger partial charge is 0.246 e. The normalized spacial score (nSPS) is 29.4. The predicted molar refractivity (Wildman–Crippen MR) is 74.6 cm³/mol. The Kier molecular flexibility index (Phi) is 4.95. The van der Waals surface area contributed by atoms with Gasteiger partial charge < -0.3 is 10.8 Å². The Hall–Kier alpha value is -0.970. The standard InChI is InChI=1S/C15H26FNO3/c1-9(5-14(2,3)4)11(18)8-15(6-10(16)7-15)12(19)13(17)20/h9-10,12,19H,5-8H2,1-4H3,(H2,17,20). The van der Waals surface area contributed by atoms with Crippen LogP contribution in [0.25, 0.3) is 0 Å². The molecule has 3 N–H and O–H groups in total. The predicted octanol–water partition coefficient (Wildman–Crippen LogP) is 1.98. The number of nitrogens with two attached hydrogens (primary N) is 1. The quantitative estimate of drug-likeness (QED) is 0.784. The summed E-state index contributed by atoms with van der Waals surface area (Å²) in [5, 5.41) is 9.88. The van der Waals surface area contributed by atoms with Gasteiger partial charge in [-0.3, -0.25) is 9.59 Å². The van der Waals surface area contributed by atoms with Crippen LogP contribution in [-0.4, -0.2) is 29.1 Å². The minimum Gasteiger partial charge on any atom is -0.383 e. The van der Waals surface area contributed by atoms with Crippen molar-refractivity contribution in [2.24, 2.45) is 22.5 Å². The van der Waals surface area contributed by atoms with Crippen molar-refractivity contribution in [2.45, 2.75) is 65.7 Å². The summed E-state index contributed by atoms with van der Waals surface area (Å²) in [6.45, 7) is 7.98. The molecule has 0 aromatic carbocycles. The summed E-state index contributed by atoms with van der Waals surface area (Å²) in [5.74, 6) is -1.09. The molecule has 0 aliphatic heterocycles. The lowest BCUT2D eigenvalue weighted by Gasteiger charge is -2.46. The van der Waals surface area contributed by atoms with E-state index >= 15 is 0 Å². The zero-order valence-corrected chi connectivity index (χ0v) is 12.8. The Morgan fingerprint density at radius 3 is 2.25 bits per heavy atom. The van der Waals surface area contributed by atoms with Crippen LogP contribution in [0.1, 0.15) is 53.4 Å². The molecule has 116 valence electrons. The first kappa shape index (κ1) is 17.1. The minimum atomic E-state index is -1.44. The molecule has 0 radical (unpaired) electrons. The topological polar surface area (TPSA) is 80.4 Å². The second-order valence-corrected chi connectivity index (χ2v) is 7.48. The van der Waals surface area contributed by atoms with Crippen molar-refractivity contribution in [2.75, 3.05) is 0 Å². The lowest BCUT2D eigenvalue weighted by molar-refractivity contribution is -0.150. The number of ketones is 1. The second-order valence-electron chi connectivity index (χ2n) is 7.48. The van der Waals surface area contributed by atoms with E-state index in [0.29, 0.717) is 6.42 Å². The van der Waals surface area contributed by atoms with Gasteiger partial charge in [-0.1, -0.05) is 27.7 Å². The van der Waals surface area contributed by atoms with Crippen molar-refractivity contribution in [3.8, 4) is 0 Å². The highest BCUT2D eigenvalue weighted by Gasteiger charge is 2.53. The van der Waals surface area contributed by atoms with Gasteiger partial charge in [0.05, 0.1) is 0 Å². The van der Waals surface area contributed by atoms with Gasteiger partial charge in [-0.2, -0.15) is 0 Å². The number of carbonyl (C=O) groups excluding carboxylic acids is 2. The van der Waals surface area contributed by atoms with Crippen molar-refractivity contribution in [3.05, 3.63) is 0 Å². The molecule has 0 bridgehead atoms. The number of hydrogen-bond donors (Lipinski definition) is 2.